The topological polar surface area (TPSA) is 149 Å². The maximum Gasteiger partial charge on any atom is 0.332 e. The van der Waals surface area contributed by atoms with Crippen LogP contribution in [0, 0.1) is 0 Å². The fourth-order valence-electron chi connectivity index (χ4n) is 4.87. The van der Waals surface area contributed by atoms with Gasteiger partial charge < -0.3 is 33.7 Å². The van der Waals surface area contributed by atoms with Crippen molar-refractivity contribution < 1.29 is 47.6 Å². The Labute approximate surface area is 237 Å². The van der Waals surface area contributed by atoms with Gasteiger partial charge in [-0.05, 0) is 25.3 Å². The molecule has 41 heavy (non-hydrogen) atoms. The van der Waals surface area contributed by atoms with Crippen molar-refractivity contribution in [1.29, 1.82) is 0 Å². The van der Waals surface area contributed by atoms with E-state index in [1.54, 1.807) is 19.1 Å². The highest BCUT2D eigenvalue weighted by atomic mass is 16.7. The number of esters is 3. The van der Waals surface area contributed by atoms with Gasteiger partial charge in [-0.3, -0.25) is 14.4 Å². The van der Waals surface area contributed by atoms with Crippen molar-refractivity contribution in [2.75, 3.05) is 20.5 Å². The Morgan fingerprint density at radius 1 is 1.07 bits per heavy atom. The van der Waals surface area contributed by atoms with Crippen molar-refractivity contribution in [3.63, 3.8) is 0 Å². The van der Waals surface area contributed by atoms with Gasteiger partial charge in [0.05, 0.1) is 13.2 Å². The molecule has 0 spiro atoms. The second kappa shape index (κ2) is 13.9. The molecule has 2 heterocycles. The zero-order valence-corrected chi connectivity index (χ0v) is 23.2. The number of ether oxygens (including phenoxy) is 6. The second-order valence-corrected chi connectivity index (χ2v) is 9.78. The summed E-state index contributed by atoms with van der Waals surface area (Å²) in [6, 6.07) is 9.15. The first-order valence-electron chi connectivity index (χ1n) is 13.5. The molecule has 1 aromatic carbocycles. The van der Waals surface area contributed by atoms with Crippen LogP contribution in [0.2, 0.25) is 0 Å². The van der Waals surface area contributed by atoms with E-state index >= 15 is 0 Å². The number of aromatic nitrogens is 1. The van der Waals surface area contributed by atoms with Crippen LogP contribution in [0.15, 0.2) is 42.6 Å². The van der Waals surface area contributed by atoms with Crippen molar-refractivity contribution in [3.8, 4) is 11.5 Å². The molecule has 220 valence electrons. The zero-order chi connectivity index (χ0) is 29.4. The molecule has 4 rings (SSSR count). The SMILES string of the molecule is COc1ccnc(C(=O)N[C@H]2COC(=O)C(c3ccccc3)[C@@H](OC3CCCC3)[C@H](C)OC2=O)c1OCOC(C)=O. The van der Waals surface area contributed by atoms with Crippen molar-refractivity contribution >= 4 is 23.8 Å². The molecule has 1 aliphatic heterocycles. The third-order valence-corrected chi connectivity index (χ3v) is 6.91. The lowest BCUT2D eigenvalue weighted by Crippen LogP contribution is -2.46. The normalized spacial score (nSPS) is 23.3. The molecule has 12 heteroatoms. The quantitative estimate of drug-likeness (QED) is 0.269. The van der Waals surface area contributed by atoms with Crippen LogP contribution in [0.5, 0.6) is 11.5 Å². The van der Waals surface area contributed by atoms with Gasteiger partial charge >= 0.3 is 17.9 Å². The number of nitrogens with zero attached hydrogens (tertiary/aromatic N) is 1. The molecule has 1 N–H and O–H groups in total. The molecule has 2 fully saturated rings. The Bertz CT molecular complexity index is 1230. The summed E-state index contributed by atoms with van der Waals surface area (Å²) >= 11 is 0. The second-order valence-electron chi connectivity index (χ2n) is 9.78. The van der Waals surface area contributed by atoms with Gasteiger partial charge in [0.25, 0.3) is 5.91 Å². The van der Waals surface area contributed by atoms with Gasteiger partial charge in [0.2, 0.25) is 6.79 Å². The van der Waals surface area contributed by atoms with E-state index in [0.717, 1.165) is 25.7 Å². The van der Waals surface area contributed by atoms with E-state index in [4.69, 9.17) is 28.4 Å². The maximum absolute atomic E-state index is 13.5. The van der Waals surface area contributed by atoms with E-state index in [-0.39, 0.29) is 23.3 Å². The molecule has 1 aliphatic carbocycles. The van der Waals surface area contributed by atoms with Gasteiger partial charge in [-0.1, -0.05) is 43.2 Å². The molecule has 4 atom stereocenters. The smallest absolute Gasteiger partial charge is 0.332 e. The number of methoxy groups -OCH3 is 1. The van der Waals surface area contributed by atoms with Crippen molar-refractivity contribution in [3.05, 3.63) is 53.9 Å². The lowest BCUT2D eigenvalue weighted by Gasteiger charge is -2.32. The van der Waals surface area contributed by atoms with Crippen LogP contribution in [-0.2, 0) is 33.3 Å². The van der Waals surface area contributed by atoms with Gasteiger partial charge in [-0.15, -0.1) is 0 Å². The van der Waals surface area contributed by atoms with Crippen molar-refractivity contribution in [1.82, 2.24) is 10.3 Å². The number of amides is 1. The molecule has 0 radical (unpaired) electrons. The Hall–Kier alpha value is -4.19. The summed E-state index contributed by atoms with van der Waals surface area (Å²) in [5.74, 6) is -3.64. The van der Waals surface area contributed by atoms with Gasteiger partial charge in [0.1, 0.15) is 24.7 Å². The maximum atomic E-state index is 13.5. The number of benzene rings is 1. The van der Waals surface area contributed by atoms with Gasteiger partial charge in [-0.2, -0.15) is 0 Å². The standard InChI is InChI=1S/C29H34N2O10/c1-17-25(41-20-11-7-8-12-20)23(19-9-5-4-6-10-19)29(35)37-15-21(28(34)40-17)31-27(33)24-26(39-16-38-18(2)32)22(36-3)13-14-30-24/h4-6,9-10,13-14,17,20-21,23,25H,7-8,11-12,15-16H2,1-3H3,(H,31,33)/t17-,21-,23?,25-/m0/s1. The highest BCUT2D eigenvalue weighted by molar-refractivity contribution is 5.98. The molecule has 1 saturated carbocycles. The van der Waals surface area contributed by atoms with E-state index in [1.165, 1.54) is 26.3 Å². The van der Waals surface area contributed by atoms with Crippen LogP contribution in [0.3, 0.4) is 0 Å². The Morgan fingerprint density at radius 3 is 2.49 bits per heavy atom. The summed E-state index contributed by atoms with van der Waals surface area (Å²) in [5.41, 5.74) is 0.425. The molecular weight excluding hydrogens is 536 g/mol. The average Bonchev–Trinajstić information content (AvgIpc) is 3.48. The van der Waals surface area contributed by atoms with Crippen LogP contribution in [0.25, 0.3) is 0 Å². The van der Waals surface area contributed by atoms with Crippen molar-refractivity contribution in [2.24, 2.45) is 0 Å². The van der Waals surface area contributed by atoms with Gasteiger partial charge in [0.15, 0.2) is 23.2 Å². The first-order valence-corrected chi connectivity index (χ1v) is 13.5. The summed E-state index contributed by atoms with van der Waals surface area (Å²) in [6.45, 7) is 1.88. The van der Waals surface area contributed by atoms with Crippen LogP contribution in [0.4, 0.5) is 0 Å². The predicted octanol–water partition coefficient (Wildman–Crippen LogP) is 2.69. The molecule has 0 bridgehead atoms. The molecule has 1 amide bonds. The predicted molar refractivity (Wildman–Crippen MR) is 142 cm³/mol. The highest BCUT2D eigenvalue weighted by Gasteiger charge is 2.42. The number of carbonyl (C=O) groups is 4. The Kier molecular flexibility index (Phi) is 10.1. The average molecular weight is 571 g/mol. The molecule has 1 aromatic heterocycles. The number of pyridine rings is 1. The molecular formula is C29H34N2O10. The first kappa shape index (κ1) is 29.8. The highest BCUT2D eigenvalue weighted by Crippen LogP contribution is 2.33. The number of rotatable bonds is 9. The summed E-state index contributed by atoms with van der Waals surface area (Å²) < 4.78 is 33.2. The number of cyclic esters (lactones) is 2. The minimum Gasteiger partial charge on any atom is -0.493 e. The summed E-state index contributed by atoms with van der Waals surface area (Å²) in [7, 11) is 1.36. The lowest BCUT2D eigenvalue weighted by molar-refractivity contribution is -0.164. The summed E-state index contributed by atoms with van der Waals surface area (Å²) in [5, 5.41) is 2.52. The van der Waals surface area contributed by atoms with Gasteiger partial charge in [-0.25, -0.2) is 9.78 Å². The van der Waals surface area contributed by atoms with Crippen molar-refractivity contribution in [2.45, 2.75) is 69.8 Å². The Balaban J connectivity index is 1.57. The zero-order valence-electron chi connectivity index (χ0n) is 23.2. The van der Waals surface area contributed by atoms with Crippen LogP contribution in [-0.4, -0.2) is 73.7 Å². The lowest BCUT2D eigenvalue weighted by atomic mass is 9.90. The fourth-order valence-corrected chi connectivity index (χ4v) is 4.87. The third kappa shape index (κ3) is 7.51. The molecule has 12 nitrogen and oxygen atoms in total. The molecule has 1 unspecified atom stereocenters. The van der Waals surface area contributed by atoms with E-state index < -0.39 is 61.4 Å². The fraction of sp³-hybridized carbons (Fsp3) is 0.483. The minimum absolute atomic E-state index is 0.0686. The molecule has 1 saturated heterocycles. The van der Waals surface area contributed by atoms with Crippen LogP contribution in [0.1, 0.15) is 61.5 Å². The van der Waals surface area contributed by atoms with E-state index in [0.29, 0.717) is 5.56 Å². The first-order chi connectivity index (χ1) is 19.8. The van der Waals surface area contributed by atoms with E-state index in [9.17, 15) is 19.2 Å². The number of carbonyl (C=O) groups excluding carboxylic acids is 4. The number of hydrogen-bond acceptors (Lipinski definition) is 11. The van der Waals surface area contributed by atoms with E-state index in [1.807, 2.05) is 18.2 Å². The third-order valence-electron chi connectivity index (χ3n) is 6.91. The molecule has 2 aliphatic rings. The number of hydrogen-bond donors (Lipinski definition) is 1. The minimum atomic E-state index is -1.36. The van der Waals surface area contributed by atoms with E-state index in [2.05, 4.69) is 10.3 Å². The monoisotopic (exact) mass is 570 g/mol. The Morgan fingerprint density at radius 2 is 1.80 bits per heavy atom. The molecule has 2 aromatic rings. The number of nitrogens with one attached hydrogen (secondary N) is 1. The van der Waals surface area contributed by atoms with Crippen LogP contribution < -0.4 is 14.8 Å². The largest absolute Gasteiger partial charge is 0.493 e. The summed E-state index contributed by atoms with van der Waals surface area (Å²) in [6.07, 6.45) is 3.34. The van der Waals surface area contributed by atoms with Crippen LogP contribution >= 0.6 is 0 Å². The van der Waals surface area contributed by atoms with Gasteiger partial charge in [0, 0.05) is 19.2 Å². The summed E-state index contributed by atoms with van der Waals surface area (Å²) in [4.78, 5) is 55.2.